The van der Waals surface area contributed by atoms with Gasteiger partial charge in [-0.05, 0) is 50.8 Å². The SMILES string of the molecule is CC1CCCCN1Cc1ccc(CNC(=O)N2CCC(C)(C(=O)O)C2)cc1. The van der Waals surface area contributed by atoms with Crippen molar-refractivity contribution in [3.05, 3.63) is 35.4 Å². The quantitative estimate of drug-likeness (QED) is 0.832. The van der Waals surface area contributed by atoms with E-state index in [9.17, 15) is 14.7 Å². The predicted octanol–water partition coefficient (Wildman–Crippen LogP) is 3.07. The molecular weight excluding hydrogens is 342 g/mol. The van der Waals surface area contributed by atoms with E-state index in [0.717, 1.165) is 12.1 Å². The summed E-state index contributed by atoms with van der Waals surface area (Å²) in [4.78, 5) is 27.7. The molecule has 2 fully saturated rings. The standard InChI is InChI=1S/C21H31N3O3/c1-16-5-3-4-11-23(16)14-18-8-6-17(7-9-18)13-22-20(27)24-12-10-21(2,15-24)19(25)26/h6-9,16H,3-5,10-15H2,1-2H3,(H,22,27)(H,25,26). The number of rotatable bonds is 5. The van der Waals surface area contributed by atoms with Crippen LogP contribution in [0.25, 0.3) is 0 Å². The molecule has 0 aromatic heterocycles. The Kier molecular flexibility index (Phi) is 6.05. The maximum Gasteiger partial charge on any atom is 0.317 e. The normalized spacial score (nSPS) is 26.1. The highest BCUT2D eigenvalue weighted by Crippen LogP contribution is 2.30. The van der Waals surface area contributed by atoms with Gasteiger partial charge in [0.15, 0.2) is 0 Å². The molecule has 1 aromatic carbocycles. The molecule has 3 rings (SSSR count). The molecule has 148 valence electrons. The Morgan fingerprint density at radius 2 is 1.89 bits per heavy atom. The van der Waals surface area contributed by atoms with Crippen molar-refractivity contribution in [3.63, 3.8) is 0 Å². The van der Waals surface area contributed by atoms with Gasteiger partial charge in [0.2, 0.25) is 0 Å². The molecule has 6 nitrogen and oxygen atoms in total. The molecule has 2 aliphatic rings. The van der Waals surface area contributed by atoms with Crippen LogP contribution in [0.3, 0.4) is 0 Å². The minimum atomic E-state index is -0.837. The molecule has 2 aliphatic heterocycles. The van der Waals surface area contributed by atoms with E-state index in [0.29, 0.717) is 25.6 Å². The topological polar surface area (TPSA) is 72.9 Å². The highest BCUT2D eigenvalue weighted by molar-refractivity contribution is 5.79. The van der Waals surface area contributed by atoms with Gasteiger partial charge in [0.1, 0.15) is 0 Å². The molecule has 0 radical (unpaired) electrons. The summed E-state index contributed by atoms with van der Waals surface area (Å²) in [5.74, 6) is -0.837. The van der Waals surface area contributed by atoms with Crippen LogP contribution in [0.2, 0.25) is 0 Å². The van der Waals surface area contributed by atoms with E-state index >= 15 is 0 Å². The lowest BCUT2D eigenvalue weighted by atomic mass is 9.90. The Morgan fingerprint density at radius 1 is 1.19 bits per heavy atom. The second-order valence-electron chi connectivity index (χ2n) is 8.33. The van der Waals surface area contributed by atoms with Crippen LogP contribution in [-0.4, -0.2) is 52.6 Å². The maximum absolute atomic E-state index is 12.3. The van der Waals surface area contributed by atoms with Gasteiger partial charge < -0.3 is 15.3 Å². The molecule has 0 aliphatic carbocycles. The van der Waals surface area contributed by atoms with Crippen molar-refractivity contribution < 1.29 is 14.7 Å². The van der Waals surface area contributed by atoms with Crippen LogP contribution in [0.5, 0.6) is 0 Å². The van der Waals surface area contributed by atoms with Crippen molar-refractivity contribution in [2.45, 2.75) is 58.7 Å². The monoisotopic (exact) mass is 373 g/mol. The van der Waals surface area contributed by atoms with Gasteiger partial charge in [-0.2, -0.15) is 0 Å². The van der Waals surface area contributed by atoms with Gasteiger partial charge in [-0.25, -0.2) is 4.79 Å². The number of benzene rings is 1. The lowest BCUT2D eigenvalue weighted by Gasteiger charge is -2.33. The second-order valence-corrected chi connectivity index (χ2v) is 8.33. The number of carbonyl (C=O) groups excluding carboxylic acids is 1. The number of hydrogen-bond acceptors (Lipinski definition) is 3. The first-order chi connectivity index (χ1) is 12.9. The van der Waals surface area contributed by atoms with E-state index in [1.54, 1.807) is 11.8 Å². The summed E-state index contributed by atoms with van der Waals surface area (Å²) in [7, 11) is 0. The van der Waals surface area contributed by atoms with Crippen LogP contribution >= 0.6 is 0 Å². The number of carbonyl (C=O) groups is 2. The molecular formula is C21H31N3O3. The highest BCUT2D eigenvalue weighted by Gasteiger charge is 2.42. The van der Waals surface area contributed by atoms with Crippen molar-refractivity contribution in [1.29, 1.82) is 0 Å². The summed E-state index contributed by atoms with van der Waals surface area (Å²) in [6.45, 7) is 7.36. The third-order valence-electron chi connectivity index (χ3n) is 6.07. The largest absolute Gasteiger partial charge is 0.481 e. The number of nitrogens with zero attached hydrogens (tertiary/aromatic N) is 2. The van der Waals surface area contributed by atoms with Gasteiger partial charge in [0.05, 0.1) is 5.41 Å². The number of nitrogens with one attached hydrogen (secondary N) is 1. The van der Waals surface area contributed by atoms with Crippen LogP contribution in [0.4, 0.5) is 4.79 Å². The number of piperidine rings is 1. The van der Waals surface area contributed by atoms with Gasteiger partial charge in [0, 0.05) is 32.2 Å². The van der Waals surface area contributed by atoms with Crippen molar-refractivity contribution in [2.75, 3.05) is 19.6 Å². The Balaban J connectivity index is 1.47. The van der Waals surface area contributed by atoms with E-state index in [4.69, 9.17) is 0 Å². The summed E-state index contributed by atoms with van der Waals surface area (Å²) >= 11 is 0. The van der Waals surface area contributed by atoms with Gasteiger partial charge in [-0.15, -0.1) is 0 Å². The number of aliphatic carboxylic acids is 1. The zero-order valence-corrected chi connectivity index (χ0v) is 16.4. The summed E-state index contributed by atoms with van der Waals surface area (Å²) < 4.78 is 0. The number of amides is 2. The maximum atomic E-state index is 12.3. The van der Waals surface area contributed by atoms with Crippen LogP contribution in [0.15, 0.2) is 24.3 Å². The average molecular weight is 373 g/mol. The summed E-state index contributed by atoms with van der Waals surface area (Å²) in [6, 6.07) is 8.87. The molecule has 2 amide bonds. The molecule has 0 saturated carbocycles. The third kappa shape index (κ3) is 4.80. The number of carboxylic acids is 1. The molecule has 0 spiro atoms. The number of likely N-dealkylation sites (tertiary alicyclic amines) is 2. The number of hydrogen-bond donors (Lipinski definition) is 2. The van der Waals surface area contributed by atoms with Crippen molar-refractivity contribution in [2.24, 2.45) is 5.41 Å². The van der Waals surface area contributed by atoms with Gasteiger partial charge in [-0.3, -0.25) is 9.69 Å². The second kappa shape index (κ2) is 8.30. The van der Waals surface area contributed by atoms with E-state index in [2.05, 4.69) is 41.4 Å². The van der Waals surface area contributed by atoms with Crippen LogP contribution < -0.4 is 5.32 Å². The molecule has 2 unspecified atom stereocenters. The zero-order chi connectivity index (χ0) is 19.4. The van der Waals surface area contributed by atoms with Gasteiger partial charge in [-0.1, -0.05) is 30.7 Å². The summed E-state index contributed by atoms with van der Waals surface area (Å²) in [5, 5.41) is 12.2. The molecule has 2 atom stereocenters. The van der Waals surface area contributed by atoms with Gasteiger partial charge >= 0.3 is 12.0 Å². The zero-order valence-electron chi connectivity index (χ0n) is 16.4. The first-order valence-corrected chi connectivity index (χ1v) is 9.95. The van der Waals surface area contributed by atoms with Crippen molar-refractivity contribution in [3.8, 4) is 0 Å². The molecule has 1 aromatic rings. The molecule has 27 heavy (non-hydrogen) atoms. The fourth-order valence-electron chi connectivity index (χ4n) is 3.99. The smallest absolute Gasteiger partial charge is 0.317 e. The van der Waals surface area contributed by atoms with Crippen molar-refractivity contribution >= 4 is 12.0 Å². The van der Waals surface area contributed by atoms with E-state index in [-0.39, 0.29) is 12.6 Å². The fourth-order valence-corrected chi connectivity index (χ4v) is 3.99. The highest BCUT2D eigenvalue weighted by atomic mass is 16.4. The summed E-state index contributed by atoms with van der Waals surface area (Å²) in [5.41, 5.74) is 1.53. The van der Waals surface area contributed by atoms with E-state index < -0.39 is 11.4 Å². The Bertz CT molecular complexity index is 676. The first-order valence-electron chi connectivity index (χ1n) is 9.95. The molecule has 6 heteroatoms. The lowest BCUT2D eigenvalue weighted by molar-refractivity contribution is -0.147. The number of carboxylic acid groups (broad SMARTS) is 1. The molecule has 0 bridgehead atoms. The molecule has 2 saturated heterocycles. The average Bonchev–Trinajstić information content (AvgIpc) is 3.07. The Morgan fingerprint density at radius 3 is 2.52 bits per heavy atom. The number of urea groups is 1. The lowest BCUT2D eigenvalue weighted by Crippen LogP contribution is -2.40. The fraction of sp³-hybridized carbons (Fsp3) is 0.619. The Hall–Kier alpha value is -2.08. The summed E-state index contributed by atoms with van der Waals surface area (Å²) in [6.07, 6.45) is 4.39. The molecule has 2 heterocycles. The van der Waals surface area contributed by atoms with Crippen LogP contribution in [0.1, 0.15) is 50.7 Å². The van der Waals surface area contributed by atoms with E-state index in [1.807, 2.05) is 0 Å². The Labute approximate surface area is 161 Å². The molecule has 2 N–H and O–H groups in total. The van der Waals surface area contributed by atoms with Crippen LogP contribution in [0, 0.1) is 5.41 Å². The third-order valence-corrected chi connectivity index (χ3v) is 6.07. The minimum absolute atomic E-state index is 0.189. The predicted molar refractivity (Wildman–Crippen MR) is 104 cm³/mol. The van der Waals surface area contributed by atoms with Crippen LogP contribution in [-0.2, 0) is 17.9 Å². The minimum Gasteiger partial charge on any atom is -0.481 e. The van der Waals surface area contributed by atoms with Crippen molar-refractivity contribution in [1.82, 2.24) is 15.1 Å². The first kappa shape index (κ1) is 19.7. The van der Waals surface area contributed by atoms with E-state index in [1.165, 1.54) is 31.4 Å². The van der Waals surface area contributed by atoms with Gasteiger partial charge in [0.25, 0.3) is 0 Å².